The average molecular weight is 263 g/mol. The molecule has 3 nitrogen and oxygen atoms in total. The summed E-state index contributed by atoms with van der Waals surface area (Å²) in [6, 6.07) is 6.44. The number of carboxylic acids is 1. The van der Waals surface area contributed by atoms with Crippen LogP contribution in [0.3, 0.4) is 0 Å². The number of benzene rings is 1. The summed E-state index contributed by atoms with van der Waals surface area (Å²) in [5.74, 6) is -0.621. The van der Waals surface area contributed by atoms with Crippen molar-refractivity contribution in [3.8, 4) is 0 Å². The molecular weight excluding hydrogens is 238 g/mol. The van der Waals surface area contributed by atoms with Crippen molar-refractivity contribution in [2.75, 3.05) is 11.9 Å². The molecule has 0 heterocycles. The van der Waals surface area contributed by atoms with Gasteiger partial charge in [-0.05, 0) is 35.4 Å². The van der Waals surface area contributed by atoms with Gasteiger partial charge >= 0.3 is 5.97 Å². The molecule has 0 spiro atoms. The lowest BCUT2D eigenvalue weighted by atomic mass is 9.86. The summed E-state index contributed by atoms with van der Waals surface area (Å²) >= 11 is 0. The lowest BCUT2D eigenvalue weighted by Crippen LogP contribution is -2.16. The smallest absolute Gasteiger partial charge is 0.303 e. The van der Waals surface area contributed by atoms with Crippen LogP contribution in [0.25, 0.3) is 0 Å². The number of nitrogens with one attached hydrogen (secondary N) is 1. The van der Waals surface area contributed by atoms with Gasteiger partial charge in [-0.1, -0.05) is 39.8 Å². The van der Waals surface area contributed by atoms with Gasteiger partial charge in [0.1, 0.15) is 0 Å². The zero-order valence-electron chi connectivity index (χ0n) is 12.6. The quantitative estimate of drug-likeness (QED) is 0.849. The van der Waals surface area contributed by atoms with Crippen LogP contribution < -0.4 is 5.32 Å². The van der Waals surface area contributed by atoms with Crippen LogP contribution in [0.2, 0.25) is 0 Å². The van der Waals surface area contributed by atoms with Crippen molar-refractivity contribution in [1.82, 2.24) is 0 Å². The fourth-order valence-electron chi connectivity index (χ4n) is 1.93. The Morgan fingerprint density at radius 2 is 2.00 bits per heavy atom. The van der Waals surface area contributed by atoms with E-state index in [0.29, 0.717) is 6.54 Å². The molecule has 0 aliphatic carbocycles. The molecule has 3 heteroatoms. The van der Waals surface area contributed by atoms with E-state index in [1.54, 1.807) is 0 Å². The first-order chi connectivity index (χ1) is 8.70. The van der Waals surface area contributed by atoms with Crippen LogP contribution in [0.15, 0.2) is 18.2 Å². The van der Waals surface area contributed by atoms with Crippen molar-refractivity contribution < 1.29 is 9.90 Å². The van der Waals surface area contributed by atoms with Gasteiger partial charge < -0.3 is 10.4 Å². The number of hydrogen-bond donors (Lipinski definition) is 2. The first kappa shape index (κ1) is 15.5. The second-order valence-corrected chi connectivity index (χ2v) is 6.36. The van der Waals surface area contributed by atoms with Crippen molar-refractivity contribution in [3.63, 3.8) is 0 Å². The molecule has 106 valence electrons. The zero-order valence-corrected chi connectivity index (χ0v) is 12.6. The summed E-state index contributed by atoms with van der Waals surface area (Å²) in [6.45, 7) is 11.3. The second-order valence-electron chi connectivity index (χ2n) is 6.36. The monoisotopic (exact) mass is 263 g/mol. The number of hydrogen-bond acceptors (Lipinski definition) is 2. The molecule has 1 unspecified atom stereocenters. The van der Waals surface area contributed by atoms with Gasteiger partial charge in [0.2, 0.25) is 0 Å². The lowest BCUT2D eigenvalue weighted by molar-refractivity contribution is -0.137. The summed E-state index contributed by atoms with van der Waals surface area (Å²) in [7, 11) is 0. The normalized spacial score (nSPS) is 13.1. The molecule has 0 aliphatic heterocycles. The van der Waals surface area contributed by atoms with Gasteiger partial charge in [0.15, 0.2) is 0 Å². The third kappa shape index (κ3) is 4.93. The van der Waals surface area contributed by atoms with E-state index in [0.717, 1.165) is 5.69 Å². The summed E-state index contributed by atoms with van der Waals surface area (Å²) < 4.78 is 0. The minimum Gasteiger partial charge on any atom is -0.481 e. The highest BCUT2D eigenvalue weighted by Gasteiger charge is 2.15. The zero-order chi connectivity index (χ0) is 14.6. The van der Waals surface area contributed by atoms with E-state index in [9.17, 15) is 4.79 Å². The fourth-order valence-corrected chi connectivity index (χ4v) is 1.93. The highest BCUT2D eigenvalue weighted by atomic mass is 16.4. The number of aryl methyl sites for hydroxylation is 1. The Bertz CT molecular complexity index is 447. The number of rotatable bonds is 5. The highest BCUT2D eigenvalue weighted by Crippen LogP contribution is 2.27. The summed E-state index contributed by atoms with van der Waals surface area (Å²) in [5.41, 5.74) is 3.70. The van der Waals surface area contributed by atoms with Gasteiger partial charge in [0.05, 0.1) is 0 Å². The number of carboxylic acid groups (broad SMARTS) is 1. The Morgan fingerprint density at radius 3 is 2.53 bits per heavy atom. The maximum Gasteiger partial charge on any atom is 0.303 e. The van der Waals surface area contributed by atoms with Crippen LogP contribution in [0.5, 0.6) is 0 Å². The second kappa shape index (κ2) is 6.09. The molecule has 1 aromatic carbocycles. The van der Waals surface area contributed by atoms with Crippen molar-refractivity contribution in [2.24, 2.45) is 5.92 Å². The molecular formula is C16H25NO2. The predicted molar refractivity (Wildman–Crippen MR) is 79.8 cm³/mol. The Labute approximate surface area is 116 Å². The van der Waals surface area contributed by atoms with Gasteiger partial charge in [0, 0.05) is 18.7 Å². The third-order valence-corrected chi connectivity index (χ3v) is 3.27. The average Bonchev–Trinajstić information content (AvgIpc) is 2.25. The van der Waals surface area contributed by atoms with Crippen LogP contribution in [0.1, 0.15) is 45.2 Å². The molecule has 0 saturated carbocycles. The van der Waals surface area contributed by atoms with E-state index < -0.39 is 5.97 Å². The molecule has 1 atom stereocenters. The maximum atomic E-state index is 10.6. The Hall–Kier alpha value is -1.51. The predicted octanol–water partition coefficient (Wildman–Crippen LogP) is 3.82. The van der Waals surface area contributed by atoms with Gasteiger partial charge in [0.25, 0.3) is 0 Å². The summed E-state index contributed by atoms with van der Waals surface area (Å²) in [4.78, 5) is 10.6. The van der Waals surface area contributed by atoms with Crippen LogP contribution in [0, 0.1) is 12.8 Å². The number of carbonyl (C=O) groups is 1. The Morgan fingerprint density at radius 1 is 1.37 bits per heavy atom. The van der Waals surface area contributed by atoms with Gasteiger partial charge in [-0.25, -0.2) is 0 Å². The van der Waals surface area contributed by atoms with Gasteiger partial charge in [-0.3, -0.25) is 4.79 Å². The van der Waals surface area contributed by atoms with E-state index in [1.165, 1.54) is 11.1 Å². The summed E-state index contributed by atoms with van der Waals surface area (Å²) in [6.07, 6.45) is 0.199. The molecule has 0 bridgehead atoms. The molecule has 19 heavy (non-hydrogen) atoms. The first-order valence-electron chi connectivity index (χ1n) is 6.77. The molecule has 0 fully saturated rings. The largest absolute Gasteiger partial charge is 0.481 e. The van der Waals surface area contributed by atoms with Gasteiger partial charge in [-0.2, -0.15) is 0 Å². The van der Waals surface area contributed by atoms with Gasteiger partial charge in [-0.15, -0.1) is 0 Å². The van der Waals surface area contributed by atoms with Crippen molar-refractivity contribution in [2.45, 2.75) is 46.5 Å². The van der Waals surface area contributed by atoms with Crippen molar-refractivity contribution in [3.05, 3.63) is 29.3 Å². The van der Waals surface area contributed by atoms with Crippen LogP contribution in [-0.4, -0.2) is 17.6 Å². The van der Waals surface area contributed by atoms with E-state index in [1.807, 2.05) is 6.92 Å². The molecule has 1 aromatic rings. The maximum absolute atomic E-state index is 10.6. The molecule has 2 N–H and O–H groups in total. The molecule has 0 aliphatic rings. The molecule has 0 saturated heterocycles. The molecule has 0 radical (unpaired) electrons. The Kier molecular flexibility index (Phi) is 4.98. The van der Waals surface area contributed by atoms with Crippen LogP contribution >= 0.6 is 0 Å². The minimum absolute atomic E-state index is 0.121. The minimum atomic E-state index is -0.741. The van der Waals surface area contributed by atoms with Crippen LogP contribution in [0.4, 0.5) is 5.69 Å². The number of aliphatic carboxylic acids is 1. The first-order valence-corrected chi connectivity index (χ1v) is 6.77. The van der Waals surface area contributed by atoms with E-state index in [2.05, 4.69) is 51.2 Å². The molecule has 0 amide bonds. The van der Waals surface area contributed by atoms with Crippen LogP contribution in [-0.2, 0) is 10.2 Å². The summed E-state index contributed by atoms with van der Waals surface area (Å²) in [5, 5.41) is 12.1. The van der Waals surface area contributed by atoms with Crippen molar-refractivity contribution >= 4 is 11.7 Å². The lowest BCUT2D eigenvalue weighted by Gasteiger charge is -2.22. The standard InChI is InChI=1S/C16H25NO2/c1-11(8-15(18)19)10-17-14-9-13(16(3,4)5)7-6-12(14)2/h6-7,9,11,17H,8,10H2,1-5H3,(H,18,19). The van der Waals surface area contributed by atoms with Crippen molar-refractivity contribution in [1.29, 1.82) is 0 Å². The Balaban J connectivity index is 2.75. The third-order valence-electron chi connectivity index (χ3n) is 3.27. The van der Waals surface area contributed by atoms with E-state index >= 15 is 0 Å². The number of anilines is 1. The topological polar surface area (TPSA) is 49.3 Å². The molecule has 1 rings (SSSR count). The van der Waals surface area contributed by atoms with E-state index in [-0.39, 0.29) is 17.8 Å². The van der Waals surface area contributed by atoms with E-state index in [4.69, 9.17) is 5.11 Å². The highest BCUT2D eigenvalue weighted by molar-refractivity contribution is 5.67. The molecule has 0 aromatic heterocycles. The fraction of sp³-hybridized carbons (Fsp3) is 0.562. The SMILES string of the molecule is Cc1ccc(C(C)(C)C)cc1NCC(C)CC(=O)O.